The summed E-state index contributed by atoms with van der Waals surface area (Å²) >= 11 is 23.9. The van der Waals surface area contributed by atoms with E-state index in [1.807, 2.05) is 0 Å². The van der Waals surface area contributed by atoms with Crippen molar-refractivity contribution in [2.75, 3.05) is 0 Å². The predicted molar refractivity (Wildman–Crippen MR) is 76.7 cm³/mol. The quantitative estimate of drug-likeness (QED) is 0.780. The highest BCUT2D eigenvalue weighted by Crippen LogP contribution is 2.39. The smallest absolute Gasteiger partial charge is 0.337 e. The molecule has 0 spiro atoms. The van der Waals surface area contributed by atoms with Crippen LogP contribution >= 0.6 is 46.4 Å². The van der Waals surface area contributed by atoms with Gasteiger partial charge in [0.1, 0.15) is 0 Å². The Morgan fingerprint density at radius 3 is 2.32 bits per heavy atom. The molecule has 0 aliphatic heterocycles. The van der Waals surface area contributed by atoms with E-state index in [-0.39, 0.29) is 20.6 Å². The number of halogens is 4. The van der Waals surface area contributed by atoms with Crippen LogP contribution in [0.4, 0.5) is 0 Å². The van der Waals surface area contributed by atoms with Gasteiger partial charge in [-0.1, -0.05) is 46.4 Å². The maximum atomic E-state index is 10.8. The molecule has 0 amide bonds. The van der Waals surface area contributed by atoms with Crippen molar-refractivity contribution in [1.29, 1.82) is 0 Å². The summed E-state index contributed by atoms with van der Waals surface area (Å²) in [5, 5.41) is 9.73. The number of aromatic nitrogens is 1. The Morgan fingerprint density at radius 2 is 1.74 bits per heavy atom. The monoisotopic (exact) mass is 335 g/mol. The van der Waals surface area contributed by atoms with Crippen LogP contribution in [0.5, 0.6) is 0 Å². The fraction of sp³-hybridized carbons (Fsp3) is 0. The first-order valence-electron chi connectivity index (χ1n) is 4.94. The molecule has 0 saturated carbocycles. The van der Waals surface area contributed by atoms with Crippen molar-refractivity contribution < 1.29 is 9.90 Å². The molecule has 0 radical (unpaired) electrons. The maximum absolute atomic E-state index is 10.8. The third kappa shape index (κ3) is 2.79. The topological polar surface area (TPSA) is 50.2 Å². The van der Waals surface area contributed by atoms with E-state index < -0.39 is 5.97 Å². The fourth-order valence-electron chi connectivity index (χ4n) is 1.46. The van der Waals surface area contributed by atoms with Gasteiger partial charge >= 0.3 is 5.97 Å². The Hall–Kier alpha value is -1.000. The summed E-state index contributed by atoms with van der Waals surface area (Å²) in [6.45, 7) is 0. The van der Waals surface area contributed by atoms with Crippen LogP contribution in [-0.2, 0) is 0 Å². The number of nitrogens with zero attached hydrogens (tertiary/aromatic N) is 1. The number of benzene rings is 1. The van der Waals surface area contributed by atoms with Crippen molar-refractivity contribution in [1.82, 2.24) is 4.98 Å². The van der Waals surface area contributed by atoms with E-state index in [2.05, 4.69) is 4.98 Å². The van der Waals surface area contributed by atoms with E-state index in [0.29, 0.717) is 16.3 Å². The molecule has 3 nitrogen and oxygen atoms in total. The van der Waals surface area contributed by atoms with Gasteiger partial charge < -0.3 is 5.11 Å². The van der Waals surface area contributed by atoms with Gasteiger partial charge in [0.2, 0.25) is 0 Å². The Bertz CT molecular complexity index is 673. The number of carbonyl (C=O) groups is 1. The highest BCUT2D eigenvalue weighted by molar-refractivity contribution is 6.49. The molecule has 0 bridgehead atoms. The maximum Gasteiger partial charge on any atom is 0.337 e. The fourth-order valence-corrected chi connectivity index (χ4v) is 2.35. The largest absolute Gasteiger partial charge is 0.478 e. The Balaban J connectivity index is 2.60. The molecule has 0 saturated heterocycles. The molecule has 7 heteroatoms. The predicted octanol–water partition coefficient (Wildman–Crippen LogP) is 5.06. The van der Waals surface area contributed by atoms with Crippen LogP contribution in [0, 0.1) is 0 Å². The molecule has 2 rings (SSSR count). The van der Waals surface area contributed by atoms with Gasteiger partial charge in [0, 0.05) is 11.8 Å². The zero-order valence-corrected chi connectivity index (χ0v) is 12.1. The molecule has 1 aromatic heterocycles. The molecule has 0 unspecified atom stereocenters. The lowest BCUT2D eigenvalue weighted by Gasteiger charge is -2.08. The third-order valence-corrected chi connectivity index (χ3v) is 3.96. The van der Waals surface area contributed by atoms with E-state index >= 15 is 0 Å². The number of aromatic carboxylic acids is 1. The minimum Gasteiger partial charge on any atom is -0.478 e. The van der Waals surface area contributed by atoms with Gasteiger partial charge in [0.25, 0.3) is 0 Å². The molecular formula is C12H5Cl4NO2. The second-order valence-electron chi connectivity index (χ2n) is 3.58. The lowest BCUT2D eigenvalue weighted by molar-refractivity contribution is 0.0696. The Morgan fingerprint density at radius 1 is 1.05 bits per heavy atom. The number of rotatable bonds is 2. The summed E-state index contributed by atoms with van der Waals surface area (Å²) in [6.07, 6.45) is 1.20. The summed E-state index contributed by atoms with van der Waals surface area (Å²) in [6, 6.07) is 4.48. The summed E-state index contributed by atoms with van der Waals surface area (Å²) in [5.74, 6) is -1.11. The van der Waals surface area contributed by atoms with E-state index in [0.717, 1.165) is 0 Å². The van der Waals surface area contributed by atoms with Crippen molar-refractivity contribution in [3.05, 3.63) is 50.0 Å². The lowest BCUT2D eigenvalue weighted by atomic mass is 10.1. The zero-order valence-electron chi connectivity index (χ0n) is 9.12. The van der Waals surface area contributed by atoms with Gasteiger partial charge in [-0.15, -0.1) is 0 Å². The second-order valence-corrected chi connectivity index (χ2v) is 5.15. The molecule has 1 N–H and O–H groups in total. The van der Waals surface area contributed by atoms with Crippen LogP contribution in [0.15, 0.2) is 24.4 Å². The third-order valence-electron chi connectivity index (χ3n) is 2.38. The van der Waals surface area contributed by atoms with Gasteiger partial charge in [-0.05, 0) is 18.2 Å². The number of pyridine rings is 1. The highest BCUT2D eigenvalue weighted by atomic mass is 35.5. The van der Waals surface area contributed by atoms with Crippen LogP contribution in [0.2, 0.25) is 20.1 Å². The van der Waals surface area contributed by atoms with Crippen molar-refractivity contribution in [2.45, 2.75) is 0 Å². The van der Waals surface area contributed by atoms with Gasteiger partial charge in [0.05, 0.1) is 31.3 Å². The Labute approximate surface area is 128 Å². The molecule has 98 valence electrons. The van der Waals surface area contributed by atoms with Crippen molar-refractivity contribution in [2.24, 2.45) is 0 Å². The standard InChI is InChI=1S/C12H5Cl4NO2/c13-7-2-1-6(9(15)10(7)16)11-8(14)3-5(4-17-11)12(18)19/h1-4H,(H,18,19). The molecule has 0 aliphatic carbocycles. The molecule has 1 aromatic carbocycles. The number of hydrogen-bond acceptors (Lipinski definition) is 2. The first-order valence-corrected chi connectivity index (χ1v) is 6.45. The molecular weight excluding hydrogens is 332 g/mol. The molecule has 2 aromatic rings. The zero-order chi connectivity index (χ0) is 14.2. The molecule has 0 aliphatic rings. The van der Waals surface area contributed by atoms with Crippen molar-refractivity contribution >= 4 is 52.4 Å². The number of hydrogen-bond donors (Lipinski definition) is 1. The summed E-state index contributed by atoms with van der Waals surface area (Å²) in [5.41, 5.74) is 0.818. The van der Waals surface area contributed by atoms with Gasteiger partial charge in [-0.3, -0.25) is 4.98 Å². The first kappa shape index (κ1) is 14.4. The minimum absolute atomic E-state index is 0.00932. The Kier molecular flexibility index (Phi) is 4.21. The van der Waals surface area contributed by atoms with Crippen molar-refractivity contribution in [3.8, 4) is 11.3 Å². The summed E-state index contributed by atoms with van der Waals surface area (Å²) < 4.78 is 0. The summed E-state index contributed by atoms with van der Waals surface area (Å²) in [7, 11) is 0. The van der Waals surface area contributed by atoms with Gasteiger partial charge in [0.15, 0.2) is 0 Å². The molecule has 1 heterocycles. The van der Waals surface area contributed by atoms with Crippen LogP contribution in [0.3, 0.4) is 0 Å². The van der Waals surface area contributed by atoms with Gasteiger partial charge in [-0.25, -0.2) is 4.79 Å². The van der Waals surface area contributed by atoms with Gasteiger partial charge in [-0.2, -0.15) is 0 Å². The number of carboxylic acids is 1. The molecule has 0 fully saturated rings. The number of carboxylic acid groups (broad SMARTS) is 1. The van der Waals surface area contributed by atoms with E-state index in [1.54, 1.807) is 12.1 Å². The van der Waals surface area contributed by atoms with E-state index in [9.17, 15) is 4.79 Å². The van der Waals surface area contributed by atoms with Crippen LogP contribution in [0.1, 0.15) is 10.4 Å². The highest BCUT2D eigenvalue weighted by Gasteiger charge is 2.15. The average molecular weight is 337 g/mol. The average Bonchev–Trinajstić information content (AvgIpc) is 2.37. The lowest BCUT2D eigenvalue weighted by Crippen LogP contribution is -1.98. The van der Waals surface area contributed by atoms with E-state index in [4.69, 9.17) is 51.5 Å². The summed E-state index contributed by atoms with van der Waals surface area (Å²) in [4.78, 5) is 14.8. The van der Waals surface area contributed by atoms with Crippen LogP contribution in [0.25, 0.3) is 11.3 Å². The molecule has 19 heavy (non-hydrogen) atoms. The second kappa shape index (κ2) is 5.55. The molecule has 0 atom stereocenters. The van der Waals surface area contributed by atoms with Crippen LogP contribution in [-0.4, -0.2) is 16.1 Å². The SMILES string of the molecule is O=C(O)c1cnc(-c2ccc(Cl)c(Cl)c2Cl)c(Cl)c1. The van der Waals surface area contributed by atoms with Crippen LogP contribution < -0.4 is 0 Å². The first-order chi connectivity index (χ1) is 8.91. The van der Waals surface area contributed by atoms with Crippen molar-refractivity contribution in [3.63, 3.8) is 0 Å². The van der Waals surface area contributed by atoms with E-state index in [1.165, 1.54) is 12.3 Å². The minimum atomic E-state index is -1.11. The normalized spacial score (nSPS) is 10.5.